The highest BCUT2D eigenvalue weighted by Gasteiger charge is 2.25. The van der Waals surface area contributed by atoms with Crippen LogP contribution in [0.5, 0.6) is 0 Å². The molecule has 2 N–H and O–H groups in total. The lowest BCUT2D eigenvalue weighted by Gasteiger charge is -2.04. The number of hydrogen-bond acceptors (Lipinski definition) is 6. The lowest BCUT2D eigenvalue weighted by atomic mass is 10.4. The van der Waals surface area contributed by atoms with Crippen LogP contribution in [0.3, 0.4) is 0 Å². The Morgan fingerprint density at radius 1 is 1.53 bits per heavy atom. The predicted molar refractivity (Wildman–Crippen MR) is 63.0 cm³/mol. The lowest BCUT2D eigenvalue weighted by Crippen LogP contribution is -2.35. The average Bonchev–Trinajstić information content (AvgIpc) is 2.48. The summed E-state index contributed by atoms with van der Waals surface area (Å²) in [5.74, 6) is 5.57. The molecule has 1 amide bonds. The molecule has 0 radical (unpaired) electrons. The van der Waals surface area contributed by atoms with E-state index in [0.29, 0.717) is 10.9 Å². The third-order valence-corrected chi connectivity index (χ3v) is 2.39. The number of amidine groups is 1. The minimum Gasteiger partial charge on any atom is -0.289 e. The van der Waals surface area contributed by atoms with E-state index in [1.807, 2.05) is 13.8 Å². The molecule has 0 atom stereocenters. The van der Waals surface area contributed by atoms with Crippen LogP contribution in [0.1, 0.15) is 13.8 Å². The van der Waals surface area contributed by atoms with Crippen molar-refractivity contribution in [2.75, 3.05) is 5.75 Å². The zero-order valence-electron chi connectivity index (χ0n) is 8.62. The number of nitrogens with zero attached hydrogens (tertiary/aromatic N) is 4. The van der Waals surface area contributed by atoms with Crippen LogP contribution < -0.4 is 5.84 Å². The maximum absolute atomic E-state index is 11.0. The number of thioether (sulfide) groups is 1. The molecule has 0 spiro atoms. The van der Waals surface area contributed by atoms with Crippen molar-refractivity contribution in [1.82, 2.24) is 5.01 Å². The first-order valence-electron chi connectivity index (χ1n) is 4.44. The van der Waals surface area contributed by atoms with Crippen LogP contribution in [-0.4, -0.2) is 40.3 Å². The van der Waals surface area contributed by atoms with Gasteiger partial charge in [0, 0.05) is 12.3 Å². The standard InChI is InChI=1S/C8H13N5OS/c1-6(2)10-3-4-11-12-8-13(9)7(14)5-15-8/h3-4,6H,5,9H2,1-2H3/b10-3?,11-4+,12-8-. The fourth-order valence-electron chi connectivity index (χ4n) is 0.772. The van der Waals surface area contributed by atoms with Gasteiger partial charge in [0.25, 0.3) is 5.91 Å². The van der Waals surface area contributed by atoms with Gasteiger partial charge in [0.1, 0.15) is 0 Å². The van der Waals surface area contributed by atoms with Gasteiger partial charge in [-0.1, -0.05) is 11.8 Å². The number of aliphatic imine (C=N–C) groups is 1. The van der Waals surface area contributed by atoms with Crippen LogP contribution in [0.4, 0.5) is 0 Å². The Morgan fingerprint density at radius 3 is 2.80 bits per heavy atom. The second-order valence-corrected chi connectivity index (χ2v) is 4.03. The molecule has 0 aliphatic carbocycles. The summed E-state index contributed by atoms with van der Waals surface area (Å²) in [4.78, 5) is 15.0. The van der Waals surface area contributed by atoms with Crippen LogP contribution in [0.25, 0.3) is 0 Å². The average molecular weight is 227 g/mol. The third-order valence-electron chi connectivity index (χ3n) is 1.46. The molecule has 1 rings (SSSR count). The van der Waals surface area contributed by atoms with Crippen LogP contribution in [0.2, 0.25) is 0 Å². The summed E-state index contributed by atoms with van der Waals surface area (Å²) in [6.07, 6.45) is 3.03. The largest absolute Gasteiger partial charge is 0.289 e. The van der Waals surface area contributed by atoms with Crippen molar-refractivity contribution >= 4 is 35.3 Å². The number of nitrogens with two attached hydrogens (primary N) is 1. The molecule has 0 aromatic heterocycles. The van der Waals surface area contributed by atoms with Crippen LogP contribution in [0.15, 0.2) is 15.2 Å². The highest BCUT2D eigenvalue weighted by Crippen LogP contribution is 2.15. The first-order valence-corrected chi connectivity index (χ1v) is 5.43. The number of carbonyl (C=O) groups excluding carboxylic acids is 1. The summed E-state index contributed by atoms with van der Waals surface area (Å²) in [6, 6.07) is 0.234. The summed E-state index contributed by atoms with van der Waals surface area (Å²) < 4.78 is 0. The van der Waals surface area contributed by atoms with E-state index in [4.69, 9.17) is 5.84 Å². The number of hydrazine groups is 1. The SMILES string of the molecule is CC(C)N=C/C=N/N=C1\SCC(=O)N1N. The van der Waals surface area contributed by atoms with Gasteiger partial charge in [-0.2, -0.15) is 5.10 Å². The summed E-state index contributed by atoms with van der Waals surface area (Å²) >= 11 is 1.27. The van der Waals surface area contributed by atoms with Crippen LogP contribution >= 0.6 is 11.8 Å². The quantitative estimate of drug-likeness (QED) is 0.325. The van der Waals surface area contributed by atoms with Gasteiger partial charge in [-0.25, -0.2) is 10.9 Å². The molecule has 0 saturated carbocycles. The lowest BCUT2D eigenvalue weighted by molar-refractivity contribution is -0.124. The zero-order chi connectivity index (χ0) is 11.3. The summed E-state index contributed by atoms with van der Waals surface area (Å²) in [7, 11) is 0. The van der Waals surface area contributed by atoms with Gasteiger partial charge in [-0.05, 0) is 13.8 Å². The Hall–Kier alpha value is -1.21. The molecule has 0 aromatic carbocycles. The molecule has 0 unspecified atom stereocenters. The predicted octanol–water partition coefficient (Wildman–Crippen LogP) is 0.257. The molecule has 0 bridgehead atoms. The molecule has 6 nitrogen and oxygen atoms in total. The van der Waals surface area contributed by atoms with Crippen molar-refractivity contribution in [3.63, 3.8) is 0 Å². The van der Waals surface area contributed by atoms with E-state index in [2.05, 4.69) is 15.2 Å². The topological polar surface area (TPSA) is 83.4 Å². The molecule has 1 saturated heterocycles. The van der Waals surface area contributed by atoms with Gasteiger partial charge in [0.15, 0.2) is 0 Å². The van der Waals surface area contributed by atoms with Gasteiger partial charge in [-0.15, -0.1) is 5.10 Å². The molecule has 0 aromatic rings. The Labute approximate surface area is 92.3 Å². The van der Waals surface area contributed by atoms with Gasteiger partial charge in [0.2, 0.25) is 5.17 Å². The molecule has 7 heteroatoms. The second kappa shape index (κ2) is 5.62. The monoisotopic (exact) mass is 227 g/mol. The summed E-state index contributed by atoms with van der Waals surface area (Å²) in [5, 5.41) is 8.93. The van der Waals surface area contributed by atoms with Crippen molar-refractivity contribution in [3.05, 3.63) is 0 Å². The molecule has 82 valence electrons. The molecular formula is C8H13N5OS. The molecule has 15 heavy (non-hydrogen) atoms. The fraction of sp³-hybridized carbons (Fsp3) is 0.500. The highest BCUT2D eigenvalue weighted by atomic mass is 32.2. The number of carbonyl (C=O) groups is 1. The van der Waals surface area contributed by atoms with E-state index in [0.717, 1.165) is 5.01 Å². The Bertz CT molecular complexity index is 323. The van der Waals surface area contributed by atoms with E-state index in [9.17, 15) is 4.79 Å². The zero-order valence-corrected chi connectivity index (χ0v) is 9.44. The van der Waals surface area contributed by atoms with Gasteiger partial charge < -0.3 is 0 Å². The fourth-order valence-corrected chi connectivity index (χ4v) is 1.51. The minimum absolute atomic E-state index is 0.162. The first-order chi connectivity index (χ1) is 7.11. The summed E-state index contributed by atoms with van der Waals surface area (Å²) in [6.45, 7) is 3.92. The normalized spacial score (nSPS) is 20.7. The van der Waals surface area contributed by atoms with E-state index in [1.54, 1.807) is 6.21 Å². The molecule has 1 aliphatic rings. The van der Waals surface area contributed by atoms with Crippen LogP contribution in [-0.2, 0) is 4.79 Å². The maximum Gasteiger partial charge on any atom is 0.253 e. The second-order valence-electron chi connectivity index (χ2n) is 3.09. The smallest absolute Gasteiger partial charge is 0.253 e. The number of rotatable bonds is 3. The van der Waals surface area contributed by atoms with Gasteiger partial charge >= 0.3 is 0 Å². The molecule has 1 fully saturated rings. The molecular weight excluding hydrogens is 214 g/mol. The molecule has 1 heterocycles. The van der Waals surface area contributed by atoms with E-state index in [1.165, 1.54) is 18.0 Å². The summed E-state index contributed by atoms with van der Waals surface area (Å²) in [5.41, 5.74) is 0. The molecule has 1 aliphatic heterocycles. The number of amides is 1. The van der Waals surface area contributed by atoms with Gasteiger partial charge in [-0.3, -0.25) is 9.79 Å². The Kier molecular flexibility index (Phi) is 4.44. The number of hydrogen-bond donors (Lipinski definition) is 1. The van der Waals surface area contributed by atoms with Crippen molar-refractivity contribution in [2.24, 2.45) is 21.0 Å². The van der Waals surface area contributed by atoms with Gasteiger partial charge in [0.05, 0.1) is 12.0 Å². The third kappa shape index (κ3) is 3.80. The van der Waals surface area contributed by atoms with E-state index in [-0.39, 0.29) is 11.9 Å². The van der Waals surface area contributed by atoms with Crippen molar-refractivity contribution in [2.45, 2.75) is 19.9 Å². The first kappa shape index (κ1) is 11.9. The Balaban J connectivity index is 2.48. The van der Waals surface area contributed by atoms with Crippen molar-refractivity contribution < 1.29 is 4.79 Å². The van der Waals surface area contributed by atoms with Crippen LogP contribution in [0, 0.1) is 0 Å². The Morgan fingerprint density at radius 2 is 2.27 bits per heavy atom. The van der Waals surface area contributed by atoms with Crippen molar-refractivity contribution in [3.8, 4) is 0 Å². The minimum atomic E-state index is -0.162. The highest BCUT2D eigenvalue weighted by molar-refractivity contribution is 8.15. The van der Waals surface area contributed by atoms with Crippen molar-refractivity contribution in [1.29, 1.82) is 0 Å². The van der Waals surface area contributed by atoms with E-state index < -0.39 is 0 Å². The maximum atomic E-state index is 11.0. The van der Waals surface area contributed by atoms with E-state index >= 15 is 0 Å².